The van der Waals surface area contributed by atoms with E-state index in [1.165, 1.54) is 0 Å². The van der Waals surface area contributed by atoms with Gasteiger partial charge in [0.1, 0.15) is 11.4 Å². The number of carbonyl (C=O) groups is 1. The molecular formula is C14H19BrClNO3. The second-order valence-corrected chi connectivity index (χ2v) is 6.53. The molecule has 0 bridgehead atoms. The zero-order valence-corrected chi connectivity index (χ0v) is 14.2. The fraction of sp³-hybridized carbons (Fsp3) is 0.500. The van der Waals surface area contributed by atoms with Crippen LogP contribution in [0.4, 0.5) is 4.79 Å². The predicted molar refractivity (Wildman–Crippen MR) is 83.5 cm³/mol. The van der Waals surface area contributed by atoms with Gasteiger partial charge in [-0.2, -0.15) is 0 Å². The van der Waals surface area contributed by atoms with Crippen molar-refractivity contribution in [3.8, 4) is 5.75 Å². The molecule has 0 unspecified atom stereocenters. The SMILES string of the molecule is CC(C)(C)OC(=O)NCCCOc1ccc(Br)cc1Cl. The van der Waals surface area contributed by atoms with Crippen LogP contribution in [-0.2, 0) is 4.74 Å². The van der Waals surface area contributed by atoms with Crippen LogP contribution < -0.4 is 10.1 Å². The van der Waals surface area contributed by atoms with Crippen molar-refractivity contribution in [2.45, 2.75) is 32.8 Å². The second-order valence-electron chi connectivity index (χ2n) is 5.21. The molecule has 0 aromatic heterocycles. The molecule has 0 aliphatic rings. The molecule has 0 saturated carbocycles. The van der Waals surface area contributed by atoms with Crippen LogP contribution in [0.25, 0.3) is 0 Å². The van der Waals surface area contributed by atoms with E-state index in [1.807, 2.05) is 26.8 Å². The number of halogens is 2. The molecule has 112 valence electrons. The van der Waals surface area contributed by atoms with Gasteiger partial charge in [-0.3, -0.25) is 0 Å². The number of ether oxygens (including phenoxy) is 2. The molecule has 4 nitrogen and oxygen atoms in total. The van der Waals surface area contributed by atoms with Gasteiger partial charge in [0.25, 0.3) is 0 Å². The van der Waals surface area contributed by atoms with Crippen molar-refractivity contribution in [2.75, 3.05) is 13.2 Å². The summed E-state index contributed by atoms with van der Waals surface area (Å²) >= 11 is 9.35. The Kier molecular flexibility index (Phi) is 6.62. The Morgan fingerprint density at radius 2 is 2.10 bits per heavy atom. The summed E-state index contributed by atoms with van der Waals surface area (Å²) in [5.74, 6) is 0.632. The minimum Gasteiger partial charge on any atom is -0.492 e. The van der Waals surface area contributed by atoms with Gasteiger partial charge in [0.2, 0.25) is 0 Å². The molecule has 0 atom stereocenters. The Bertz CT molecular complexity index is 460. The summed E-state index contributed by atoms with van der Waals surface area (Å²) in [6, 6.07) is 5.43. The van der Waals surface area contributed by atoms with Crippen molar-refractivity contribution in [1.29, 1.82) is 0 Å². The smallest absolute Gasteiger partial charge is 0.407 e. The molecule has 0 radical (unpaired) electrons. The van der Waals surface area contributed by atoms with Gasteiger partial charge in [-0.1, -0.05) is 27.5 Å². The van der Waals surface area contributed by atoms with E-state index in [9.17, 15) is 4.79 Å². The Labute approximate surface area is 132 Å². The number of rotatable bonds is 5. The van der Waals surface area contributed by atoms with E-state index in [4.69, 9.17) is 21.1 Å². The molecule has 1 aromatic carbocycles. The molecule has 0 spiro atoms. The van der Waals surface area contributed by atoms with Gasteiger partial charge in [-0.05, 0) is 45.4 Å². The van der Waals surface area contributed by atoms with Gasteiger partial charge in [-0.25, -0.2) is 4.79 Å². The molecular weight excluding hydrogens is 346 g/mol. The molecule has 0 heterocycles. The summed E-state index contributed by atoms with van der Waals surface area (Å²) in [6.07, 6.45) is 0.255. The van der Waals surface area contributed by atoms with Gasteiger partial charge in [0.05, 0.1) is 11.6 Å². The average molecular weight is 365 g/mol. The third-order valence-electron chi connectivity index (χ3n) is 2.14. The maximum absolute atomic E-state index is 11.4. The van der Waals surface area contributed by atoms with Gasteiger partial charge in [0, 0.05) is 11.0 Å². The van der Waals surface area contributed by atoms with E-state index < -0.39 is 11.7 Å². The topological polar surface area (TPSA) is 47.6 Å². The highest BCUT2D eigenvalue weighted by molar-refractivity contribution is 9.10. The summed E-state index contributed by atoms with van der Waals surface area (Å²) in [6.45, 7) is 6.43. The monoisotopic (exact) mass is 363 g/mol. The maximum atomic E-state index is 11.4. The maximum Gasteiger partial charge on any atom is 0.407 e. The third kappa shape index (κ3) is 7.01. The van der Waals surface area contributed by atoms with Gasteiger partial charge in [0.15, 0.2) is 0 Å². The van der Waals surface area contributed by atoms with Crippen LogP contribution in [-0.4, -0.2) is 24.8 Å². The van der Waals surface area contributed by atoms with E-state index >= 15 is 0 Å². The first-order valence-electron chi connectivity index (χ1n) is 6.32. The van der Waals surface area contributed by atoms with Crippen LogP contribution >= 0.6 is 27.5 Å². The molecule has 6 heteroatoms. The highest BCUT2D eigenvalue weighted by Crippen LogP contribution is 2.27. The lowest BCUT2D eigenvalue weighted by Crippen LogP contribution is -2.33. The lowest BCUT2D eigenvalue weighted by atomic mass is 10.2. The third-order valence-corrected chi connectivity index (χ3v) is 2.93. The molecule has 0 saturated heterocycles. The van der Waals surface area contributed by atoms with Crippen molar-refractivity contribution >= 4 is 33.6 Å². The number of benzene rings is 1. The van der Waals surface area contributed by atoms with E-state index in [-0.39, 0.29) is 0 Å². The predicted octanol–water partition coefficient (Wildman–Crippen LogP) is 4.40. The number of hydrogen-bond acceptors (Lipinski definition) is 3. The fourth-order valence-corrected chi connectivity index (χ4v) is 2.08. The van der Waals surface area contributed by atoms with E-state index in [0.29, 0.717) is 30.3 Å². The summed E-state index contributed by atoms with van der Waals surface area (Å²) in [5, 5.41) is 3.22. The van der Waals surface area contributed by atoms with Crippen molar-refractivity contribution in [1.82, 2.24) is 5.32 Å². The van der Waals surface area contributed by atoms with Crippen LogP contribution in [0.1, 0.15) is 27.2 Å². The van der Waals surface area contributed by atoms with E-state index in [2.05, 4.69) is 21.2 Å². The second kappa shape index (κ2) is 7.74. The lowest BCUT2D eigenvalue weighted by molar-refractivity contribution is 0.0525. The molecule has 0 fully saturated rings. The largest absolute Gasteiger partial charge is 0.492 e. The highest BCUT2D eigenvalue weighted by atomic mass is 79.9. The highest BCUT2D eigenvalue weighted by Gasteiger charge is 2.15. The number of amides is 1. The summed E-state index contributed by atoms with van der Waals surface area (Å²) in [5.41, 5.74) is -0.481. The van der Waals surface area contributed by atoms with Crippen molar-refractivity contribution < 1.29 is 14.3 Å². The van der Waals surface area contributed by atoms with Crippen molar-refractivity contribution in [3.63, 3.8) is 0 Å². The van der Waals surface area contributed by atoms with E-state index in [1.54, 1.807) is 12.1 Å². The first-order valence-corrected chi connectivity index (χ1v) is 7.50. The quantitative estimate of drug-likeness (QED) is 0.788. The Hall–Kier alpha value is -0.940. The Morgan fingerprint density at radius 1 is 1.40 bits per heavy atom. The average Bonchev–Trinajstić information content (AvgIpc) is 2.28. The fourth-order valence-electron chi connectivity index (χ4n) is 1.35. The normalized spacial score (nSPS) is 11.1. The Balaban J connectivity index is 2.21. The van der Waals surface area contributed by atoms with Gasteiger partial charge >= 0.3 is 6.09 Å². The van der Waals surface area contributed by atoms with Crippen LogP contribution in [0, 0.1) is 0 Å². The molecule has 1 amide bonds. The molecule has 0 aliphatic heterocycles. The van der Waals surface area contributed by atoms with Crippen molar-refractivity contribution in [2.24, 2.45) is 0 Å². The van der Waals surface area contributed by atoms with Crippen LogP contribution in [0.5, 0.6) is 5.75 Å². The molecule has 1 rings (SSSR count). The van der Waals surface area contributed by atoms with Crippen LogP contribution in [0.15, 0.2) is 22.7 Å². The molecule has 1 aromatic rings. The molecule has 1 N–H and O–H groups in total. The number of carbonyl (C=O) groups excluding carboxylic acids is 1. The molecule has 0 aliphatic carbocycles. The number of nitrogens with one attached hydrogen (secondary N) is 1. The standard InChI is InChI=1S/C14H19BrClNO3/c1-14(2,3)20-13(18)17-7-4-8-19-12-6-5-10(15)9-11(12)16/h5-6,9H,4,7-8H2,1-3H3,(H,17,18). The summed E-state index contributed by atoms with van der Waals surface area (Å²) in [7, 11) is 0. The zero-order valence-electron chi connectivity index (χ0n) is 11.8. The Morgan fingerprint density at radius 3 is 2.70 bits per heavy atom. The van der Waals surface area contributed by atoms with Crippen LogP contribution in [0.2, 0.25) is 5.02 Å². The minimum absolute atomic E-state index is 0.417. The number of alkyl carbamates (subject to hydrolysis) is 1. The lowest BCUT2D eigenvalue weighted by Gasteiger charge is -2.19. The van der Waals surface area contributed by atoms with Gasteiger partial charge in [-0.15, -0.1) is 0 Å². The first-order chi connectivity index (χ1) is 9.28. The summed E-state index contributed by atoms with van der Waals surface area (Å²) < 4.78 is 11.6. The first kappa shape index (κ1) is 17.1. The zero-order chi connectivity index (χ0) is 15.2. The number of hydrogen-bond donors (Lipinski definition) is 1. The van der Waals surface area contributed by atoms with E-state index in [0.717, 1.165) is 4.47 Å². The minimum atomic E-state index is -0.481. The van der Waals surface area contributed by atoms with Crippen molar-refractivity contribution in [3.05, 3.63) is 27.7 Å². The van der Waals surface area contributed by atoms with Gasteiger partial charge < -0.3 is 14.8 Å². The molecule has 20 heavy (non-hydrogen) atoms. The summed E-state index contributed by atoms with van der Waals surface area (Å²) in [4.78, 5) is 11.4. The van der Waals surface area contributed by atoms with Crippen LogP contribution in [0.3, 0.4) is 0 Å².